The molecule has 0 bridgehead atoms. The van der Waals surface area contributed by atoms with Crippen LogP contribution in [0.25, 0.3) is 0 Å². The minimum atomic E-state index is 0.165. The number of nitrogens with zero attached hydrogens (tertiary/aromatic N) is 1. The molecule has 0 radical (unpaired) electrons. The summed E-state index contributed by atoms with van der Waals surface area (Å²) in [5.74, 6) is 0.914. The van der Waals surface area contributed by atoms with Crippen molar-refractivity contribution in [2.75, 3.05) is 18.5 Å². The van der Waals surface area contributed by atoms with E-state index in [1.165, 1.54) is 0 Å². The summed E-state index contributed by atoms with van der Waals surface area (Å²) in [5.41, 5.74) is 2.10. The maximum absolute atomic E-state index is 5.59. The Morgan fingerprint density at radius 2 is 2.14 bits per heavy atom. The smallest absolute Gasteiger partial charge is 0.119 e. The summed E-state index contributed by atoms with van der Waals surface area (Å²) < 4.78 is 5.59. The maximum Gasteiger partial charge on any atom is 0.119 e. The molecule has 0 saturated heterocycles. The number of nitrogens with one attached hydrogen (secondary N) is 2. The molecule has 1 aliphatic heterocycles. The lowest BCUT2D eigenvalue weighted by Crippen LogP contribution is -2.24. The van der Waals surface area contributed by atoms with Crippen molar-refractivity contribution in [3.63, 3.8) is 0 Å². The molecule has 2 N–H and O–H groups in total. The molecule has 0 unspecified atom stereocenters. The summed E-state index contributed by atoms with van der Waals surface area (Å²) in [6.45, 7) is 5.94. The van der Waals surface area contributed by atoms with Gasteiger partial charge in [-0.3, -0.25) is 10.3 Å². The van der Waals surface area contributed by atoms with Gasteiger partial charge >= 0.3 is 0 Å². The van der Waals surface area contributed by atoms with Crippen LogP contribution < -0.4 is 15.4 Å². The van der Waals surface area contributed by atoms with E-state index in [2.05, 4.69) is 35.5 Å². The van der Waals surface area contributed by atoms with Crippen molar-refractivity contribution in [1.82, 2.24) is 5.32 Å². The number of rotatable bonds is 5. The van der Waals surface area contributed by atoms with Crippen molar-refractivity contribution in [3.8, 4) is 5.75 Å². The summed E-state index contributed by atoms with van der Waals surface area (Å²) in [4.78, 5) is 4.49. The molecule has 4 heteroatoms. The van der Waals surface area contributed by atoms with Crippen molar-refractivity contribution in [2.24, 2.45) is 4.99 Å². The fourth-order valence-electron chi connectivity index (χ4n) is 2.07. The van der Waals surface area contributed by atoms with Gasteiger partial charge in [0, 0.05) is 11.9 Å². The minimum absolute atomic E-state index is 0.165. The zero-order valence-corrected chi connectivity index (χ0v) is 12.9. The Balaban J connectivity index is 1.98. The first-order valence-electron chi connectivity index (χ1n) is 7.74. The van der Waals surface area contributed by atoms with Crippen molar-refractivity contribution in [3.05, 3.63) is 36.0 Å². The molecule has 4 nitrogen and oxygen atoms in total. The molecule has 0 fully saturated rings. The lowest BCUT2D eigenvalue weighted by Gasteiger charge is -2.09. The highest BCUT2D eigenvalue weighted by molar-refractivity contribution is 5.83. The SMILES string of the molecule is CCCOc1ccc(NC2=C/CCCN[C@H](C)/N=C\2)cc1. The van der Waals surface area contributed by atoms with Crippen molar-refractivity contribution < 1.29 is 4.74 Å². The Bertz CT molecular complexity index is 479. The van der Waals surface area contributed by atoms with Crippen LogP contribution in [-0.2, 0) is 0 Å². The van der Waals surface area contributed by atoms with E-state index in [0.717, 1.165) is 49.5 Å². The fourth-order valence-corrected chi connectivity index (χ4v) is 2.07. The van der Waals surface area contributed by atoms with Crippen LogP contribution in [0.15, 0.2) is 41.0 Å². The Morgan fingerprint density at radius 1 is 1.33 bits per heavy atom. The van der Waals surface area contributed by atoms with Gasteiger partial charge in [0.1, 0.15) is 5.75 Å². The molecule has 0 aliphatic carbocycles. The Kier molecular flexibility index (Phi) is 6.28. The highest BCUT2D eigenvalue weighted by Gasteiger charge is 2.02. The zero-order valence-electron chi connectivity index (χ0n) is 12.9. The maximum atomic E-state index is 5.59. The molecule has 1 heterocycles. The summed E-state index contributed by atoms with van der Waals surface area (Å²) in [5, 5.41) is 6.77. The van der Waals surface area contributed by atoms with Gasteiger partial charge in [-0.2, -0.15) is 0 Å². The largest absolute Gasteiger partial charge is 0.494 e. The number of allylic oxidation sites excluding steroid dienone is 2. The summed E-state index contributed by atoms with van der Waals surface area (Å²) in [6.07, 6.45) is 7.47. The van der Waals surface area contributed by atoms with Gasteiger partial charge in [0.25, 0.3) is 0 Å². The van der Waals surface area contributed by atoms with E-state index >= 15 is 0 Å². The molecular weight excluding hydrogens is 262 g/mol. The predicted octanol–water partition coefficient (Wildman–Crippen LogP) is 3.57. The molecule has 1 aromatic carbocycles. The van der Waals surface area contributed by atoms with E-state index in [9.17, 15) is 0 Å². The molecule has 0 amide bonds. The van der Waals surface area contributed by atoms with Crippen LogP contribution >= 0.6 is 0 Å². The molecule has 0 saturated carbocycles. The molecule has 21 heavy (non-hydrogen) atoms. The van der Waals surface area contributed by atoms with Gasteiger partial charge in [-0.1, -0.05) is 13.0 Å². The second-order valence-electron chi connectivity index (χ2n) is 5.21. The number of anilines is 1. The topological polar surface area (TPSA) is 45.6 Å². The average molecular weight is 287 g/mol. The van der Waals surface area contributed by atoms with Crippen LogP contribution in [-0.4, -0.2) is 25.5 Å². The molecule has 0 spiro atoms. The lowest BCUT2D eigenvalue weighted by atomic mass is 10.2. The standard InChI is InChI=1S/C17H25N3O/c1-3-12-21-17-9-7-15(8-10-17)20-16-6-4-5-11-18-14(2)19-13-16/h6-10,13-14,18,20H,3-5,11-12H2,1-2H3/b16-6+,19-13-/t14-/m0/s1. The van der Waals surface area contributed by atoms with E-state index in [0.29, 0.717) is 0 Å². The number of benzene rings is 1. The molecule has 1 atom stereocenters. The summed E-state index contributed by atoms with van der Waals surface area (Å²) >= 11 is 0. The summed E-state index contributed by atoms with van der Waals surface area (Å²) in [7, 11) is 0. The Hall–Kier alpha value is -1.81. The van der Waals surface area contributed by atoms with E-state index in [1.807, 2.05) is 30.5 Å². The zero-order chi connectivity index (χ0) is 14.9. The first-order chi connectivity index (χ1) is 10.3. The molecule has 114 valence electrons. The van der Waals surface area contributed by atoms with Gasteiger partial charge in [-0.15, -0.1) is 0 Å². The number of hydrogen-bond acceptors (Lipinski definition) is 4. The lowest BCUT2D eigenvalue weighted by molar-refractivity contribution is 0.317. The molecule has 2 rings (SSSR count). The molecule has 0 aromatic heterocycles. The number of ether oxygens (including phenoxy) is 1. The normalized spacial score (nSPS) is 23.1. The van der Waals surface area contributed by atoms with Gasteiger partial charge in [-0.05, 0) is 57.0 Å². The first kappa shape index (κ1) is 15.6. The average Bonchev–Trinajstić information content (AvgIpc) is 2.60. The molecule has 1 aliphatic rings. The number of aliphatic imine (C=N–C) groups is 1. The Labute approximate surface area is 127 Å². The highest BCUT2D eigenvalue weighted by atomic mass is 16.5. The van der Waals surface area contributed by atoms with Crippen LogP contribution in [0.2, 0.25) is 0 Å². The van der Waals surface area contributed by atoms with Crippen LogP contribution in [0.3, 0.4) is 0 Å². The second-order valence-corrected chi connectivity index (χ2v) is 5.21. The van der Waals surface area contributed by atoms with E-state index in [4.69, 9.17) is 4.74 Å². The number of hydrogen-bond donors (Lipinski definition) is 2. The Morgan fingerprint density at radius 3 is 2.90 bits per heavy atom. The van der Waals surface area contributed by atoms with Gasteiger partial charge < -0.3 is 10.1 Å². The van der Waals surface area contributed by atoms with Crippen molar-refractivity contribution in [1.29, 1.82) is 0 Å². The van der Waals surface area contributed by atoms with Gasteiger partial charge in [0.15, 0.2) is 0 Å². The van der Waals surface area contributed by atoms with Gasteiger partial charge in [-0.25, -0.2) is 0 Å². The summed E-state index contributed by atoms with van der Waals surface area (Å²) in [6, 6.07) is 8.06. The molecular formula is C17H25N3O. The van der Waals surface area contributed by atoms with Crippen LogP contribution in [0.1, 0.15) is 33.1 Å². The third-order valence-corrected chi connectivity index (χ3v) is 3.24. The van der Waals surface area contributed by atoms with Crippen LogP contribution in [0, 0.1) is 0 Å². The second kappa shape index (κ2) is 8.47. The highest BCUT2D eigenvalue weighted by Crippen LogP contribution is 2.17. The quantitative estimate of drug-likeness (QED) is 0.870. The van der Waals surface area contributed by atoms with Crippen LogP contribution in [0.4, 0.5) is 5.69 Å². The van der Waals surface area contributed by atoms with Gasteiger partial charge in [0.2, 0.25) is 0 Å². The van der Waals surface area contributed by atoms with Crippen LogP contribution in [0.5, 0.6) is 5.75 Å². The molecule has 1 aromatic rings. The predicted molar refractivity (Wildman–Crippen MR) is 89.1 cm³/mol. The van der Waals surface area contributed by atoms with Crippen molar-refractivity contribution >= 4 is 11.9 Å². The fraction of sp³-hybridized carbons (Fsp3) is 0.471. The van der Waals surface area contributed by atoms with Gasteiger partial charge in [0.05, 0.1) is 18.5 Å². The van der Waals surface area contributed by atoms with E-state index < -0.39 is 0 Å². The third-order valence-electron chi connectivity index (χ3n) is 3.24. The van der Waals surface area contributed by atoms with E-state index in [1.54, 1.807) is 0 Å². The minimum Gasteiger partial charge on any atom is -0.494 e. The monoisotopic (exact) mass is 287 g/mol. The first-order valence-corrected chi connectivity index (χ1v) is 7.74. The van der Waals surface area contributed by atoms with Crippen molar-refractivity contribution in [2.45, 2.75) is 39.3 Å². The van der Waals surface area contributed by atoms with E-state index in [-0.39, 0.29) is 6.17 Å². The third kappa shape index (κ3) is 5.60.